The zero-order valence-electron chi connectivity index (χ0n) is 12.9. The van der Waals surface area contributed by atoms with Crippen LogP contribution in [0.5, 0.6) is 0 Å². The first-order chi connectivity index (χ1) is 11.2. The number of pyridine rings is 1. The highest BCUT2D eigenvalue weighted by Crippen LogP contribution is 2.25. The predicted molar refractivity (Wildman–Crippen MR) is 92.3 cm³/mol. The molecule has 1 aliphatic rings. The fourth-order valence-electron chi connectivity index (χ4n) is 2.88. The van der Waals surface area contributed by atoms with Crippen molar-refractivity contribution in [3.05, 3.63) is 40.9 Å². The van der Waals surface area contributed by atoms with Crippen LogP contribution in [0.15, 0.2) is 35.3 Å². The van der Waals surface area contributed by atoms with Crippen LogP contribution < -0.4 is 9.80 Å². The summed E-state index contributed by atoms with van der Waals surface area (Å²) in [6, 6.07) is 4.41. The zero-order valence-corrected chi connectivity index (χ0v) is 14.4. The van der Waals surface area contributed by atoms with Gasteiger partial charge in [-0.05, 0) is 34.8 Å². The molecule has 0 spiro atoms. The van der Waals surface area contributed by atoms with Gasteiger partial charge in [-0.15, -0.1) is 0 Å². The van der Waals surface area contributed by atoms with Crippen molar-refractivity contribution in [2.45, 2.75) is 18.9 Å². The van der Waals surface area contributed by atoms with Crippen molar-refractivity contribution >= 4 is 27.6 Å². The zero-order chi connectivity index (χ0) is 16.2. The van der Waals surface area contributed by atoms with Crippen LogP contribution in [0.25, 0.3) is 0 Å². The summed E-state index contributed by atoms with van der Waals surface area (Å²) in [5.41, 5.74) is 1.61. The fourth-order valence-corrected chi connectivity index (χ4v) is 3.08. The van der Waals surface area contributed by atoms with Gasteiger partial charge in [0.25, 0.3) is 0 Å². The molecule has 0 aromatic carbocycles. The van der Waals surface area contributed by atoms with Crippen LogP contribution in [0.4, 0.5) is 11.6 Å². The molecule has 1 aliphatic heterocycles. The Balaban J connectivity index is 1.66. The van der Waals surface area contributed by atoms with Crippen molar-refractivity contribution in [3.8, 4) is 6.07 Å². The van der Waals surface area contributed by atoms with Crippen LogP contribution in [0.2, 0.25) is 0 Å². The van der Waals surface area contributed by atoms with Crippen LogP contribution in [-0.2, 0) is 0 Å². The Hall–Kier alpha value is -2.20. The van der Waals surface area contributed by atoms with E-state index in [-0.39, 0.29) is 0 Å². The van der Waals surface area contributed by atoms with Gasteiger partial charge in [0.2, 0.25) is 5.95 Å². The van der Waals surface area contributed by atoms with E-state index in [1.54, 1.807) is 30.9 Å². The maximum atomic E-state index is 9.23. The van der Waals surface area contributed by atoms with Gasteiger partial charge in [-0.25, -0.2) is 9.97 Å². The number of aromatic nitrogens is 3. The van der Waals surface area contributed by atoms with Crippen LogP contribution in [0.1, 0.15) is 18.4 Å². The summed E-state index contributed by atoms with van der Waals surface area (Å²) in [6.45, 7) is 1.79. The first-order valence-corrected chi connectivity index (χ1v) is 8.28. The molecule has 6 nitrogen and oxygen atoms in total. The molecule has 0 atom stereocenters. The standard InChI is InChI=1S/C16H17BrN6/c1-22(16-20-9-13(17)10-21-16)14-3-6-23(7-4-14)15-11-19-5-2-12(15)8-18/h2,5,9-11,14H,3-4,6-7H2,1H3. The van der Waals surface area contributed by atoms with Gasteiger partial charge in [0.1, 0.15) is 6.07 Å². The van der Waals surface area contributed by atoms with E-state index < -0.39 is 0 Å². The van der Waals surface area contributed by atoms with Crippen LogP contribution in [0, 0.1) is 11.3 Å². The Morgan fingerprint density at radius 2 is 1.96 bits per heavy atom. The van der Waals surface area contributed by atoms with E-state index in [9.17, 15) is 5.26 Å². The minimum atomic E-state index is 0.398. The molecule has 3 heterocycles. The van der Waals surface area contributed by atoms with E-state index in [1.165, 1.54) is 0 Å². The molecule has 1 fully saturated rings. The van der Waals surface area contributed by atoms with E-state index >= 15 is 0 Å². The summed E-state index contributed by atoms with van der Waals surface area (Å²) >= 11 is 3.36. The van der Waals surface area contributed by atoms with Gasteiger partial charge >= 0.3 is 0 Å². The molecule has 2 aromatic heterocycles. The molecule has 0 saturated carbocycles. The lowest BCUT2D eigenvalue weighted by Crippen LogP contribution is -2.44. The largest absolute Gasteiger partial charge is 0.369 e. The molecule has 0 aliphatic carbocycles. The number of rotatable bonds is 3. The molecular formula is C16H17BrN6. The molecule has 0 radical (unpaired) electrons. The van der Waals surface area contributed by atoms with Gasteiger partial charge in [-0.2, -0.15) is 5.26 Å². The highest BCUT2D eigenvalue weighted by Gasteiger charge is 2.25. The van der Waals surface area contributed by atoms with E-state index in [1.807, 2.05) is 7.05 Å². The number of hydrogen-bond acceptors (Lipinski definition) is 6. The number of nitrogens with zero attached hydrogens (tertiary/aromatic N) is 6. The Bertz CT molecular complexity index is 703. The number of anilines is 2. The second kappa shape index (κ2) is 6.92. The van der Waals surface area contributed by atoms with Crippen molar-refractivity contribution in [3.63, 3.8) is 0 Å². The second-order valence-electron chi connectivity index (χ2n) is 5.54. The van der Waals surface area contributed by atoms with Crippen molar-refractivity contribution < 1.29 is 0 Å². The number of piperidine rings is 1. The Morgan fingerprint density at radius 1 is 1.26 bits per heavy atom. The molecule has 7 heteroatoms. The molecule has 1 saturated heterocycles. The normalized spacial score (nSPS) is 15.3. The van der Waals surface area contributed by atoms with Crippen molar-refractivity contribution in [1.82, 2.24) is 15.0 Å². The van der Waals surface area contributed by atoms with E-state index in [0.29, 0.717) is 11.6 Å². The molecule has 23 heavy (non-hydrogen) atoms. The summed E-state index contributed by atoms with van der Waals surface area (Å²) in [7, 11) is 2.04. The van der Waals surface area contributed by atoms with Gasteiger partial charge in [-0.3, -0.25) is 4.98 Å². The fraction of sp³-hybridized carbons (Fsp3) is 0.375. The number of halogens is 1. The lowest BCUT2D eigenvalue weighted by Gasteiger charge is -2.37. The lowest BCUT2D eigenvalue weighted by molar-refractivity contribution is 0.477. The predicted octanol–water partition coefficient (Wildman–Crippen LogP) is 2.61. The molecule has 0 N–H and O–H groups in total. The summed E-state index contributed by atoms with van der Waals surface area (Å²) < 4.78 is 0.880. The topological polar surface area (TPSA) is 68.9 Å². The first-order valence-electron chi connectivity index (χ1n) is 7.48. The van der Waals surface area contributed by atoms with Crippen LogP contribution in [0.3, 0.4) is 0 Å². The van der Waals surface area contributed by atoms with E-state index in [4.69, 9.17) is 0 Å². The Morgan fingerprint density at radius 3 is 2.61 bits per heavy atom. The lowest BCUT2D eigenvalue weighted by atomic mass is 10.0. The van der Waals surface area contributed by atoms with E-state index in [0.717, 1.165) is 42.0 Å². The van der Waals surface area contributed by atoms with Crippen molar-refractivity contribution in [1.29, 1.82) is 5.26 Å². The molecule has 2 aromatic rings. The average Bonchev–Trinajstić information content (AvgIpc) is 2.62. The molecule has 118 valence electrons. The van der Waals surface area contributed by atoms with Gasteiger partial charge in [0, 0.05) is 44.8 Å². The summed E-state index contributed by atoms with van der Waals surface area (Å²) in [5, 5.41) is 9.23. The minimum Gasteiger partial charge on any atom is -0.369 e. The number of hydrogen-bond donors (Lipinski definition) is 0. The Labute approximate surface area is 143 Å². The third kappa shape index (κ3) is 3.42. The van der Waals surface area contributed by atoms with Gasteiger partial charge in [0.05, 0.1) is 21.9 Å². The monoisotopic (exact) mass is 372 g/mol. The molecule has 0 unspecified atom stereocenters. The molecular weight excluding hydrogens is 356 g/mol. The second-order valence-corrected chi connectivity index (χ2v) is 6.45. The average molecular weight is 373 g/mol. The maximum absolute atomic E-state index is 9.23. The van der Waals surface area contributed by atoms with Gasteiger partial charge in [0.15, 0.2) is 0 Å². The highest BCUT2D eigenvalue weighted by atomic mass is 79.9. The quantitative estimate of drug-likeness (QED) is 0.824. The summed E-state index contributed by atoms with van der Waals surface area (Å²) in [6.07, 6.45) is 8.96. The third-order valence-electron chi connectivity index (χ3n) is 4.20. The van der Waals surface area contributed by atoms with Crippen LogP contribution >= 0.6 is 15.9 Å². The first kappa shape index (κ1) is 15.7. The minimum absolute atomic E-state index is 0.398. The third-order valence-corrected chi connectivity index (χ3v) is 4.61. The van der Waals surface area contributed by atoms with Crippen LogP contribution in [-0.4, -0.2) is 41.1 Å². The SMILES string of the molecule is CN(c1ncc(Br)cn1)C1CCN(c2cnccc2C#N)CC1. The molecule has 0 amide bonds. The van der Waals surface area contributed by atoms with Gasteiger partial charge < -0.3 is 9.80 Å². The summed E-state index contributed by atoms with van der Waals surface area (Å²) in [5.74, 6) is 0.741. The van der Waals surface area contributed by atoms with E-state index in [2.05, 4.69) is 46.8 Å². The Kier molecular flexibility index (Phi) is 4.72. The maximum Gasteiger partial charge on any atom is 0.225 e. The summed E-state index contributed by atoms with van der Waals surface area (Å²) in [4.78, 5) is 17.2. The molecule has 3 rings (SSSR count). The highest BCUT2D eigenvalue weighted by molar-refractivity contribution is 9.10. The van der Waals surface area contributed by atoms with Gasteiger partial charge in [-0.1, -0.05) is 0 Å². The number of nitriles is 1. The van der Waals surface area contributed by atoms with Crippen molar-refractivity contribution in [2.24, 2.45) is 0 Å². The molecule has 0 bridgehead atoms. The van der Waals surface area contributed by atoms with Crippen molar-refractivity contribution in [2.75, 3.05) is 29.9 Å². The smallest absolute Gasteiger partial charge is 0.225 e.